The minimum atomic E-state index is 0.115. The molecule has 1 unspecified atom stereocenters. The summed E-state index contributed by atoms with van der Waals surface area (Å²) in [7, 11) is 0. The number of nitrogens with one attached hydrogen (secondary N) is 1. The van der Waals surface area contributed by atoms with Crippen molar-refractivity contribution in [2.45, 2.75) is 52.9 Å². The van der Waals surface area contributed by atoms with Crippen LogP contribution in [0, 0.1) is 12.8 Å². The molecule has 0 heterocycles. The maximum Gasteiger partial charge on any atom is 0.224 e. The number of aryl methyl sites for hydroxylation is 2. The molecule has 0 spiro atoms. The van der Waals surface area contributed by atoms with Crippen molar-refractivity contribution in [1.82, 2.24) is 0 Å². The Bertz CT molecular complexity index is 429. The van der Waals surface area contributed by atoms with Gasteiger partial charge in [-0.05, 0) is 49.8 Å². The molecule has 3 nitrogen and oxygen atoms in total. The molecule has 1 aromatic rings. The zero-order chi connectivity index (χ0) is 15.0. The highest BCUT2D eigenvalue weighted by atomic mass is 16.1. The highest BCUT2D eigenvalue weighted by Gasteiger charge is 2.11. The fourth-order valence-corrected chi connectivity index (χ4v) is 2.53. The van der Waals surface area contributed by atoms with Crippen LogP contribution in [-0.4, -0.2) is 12.5 Å². The third kappa shape index (κ3) is 4.97. The molecule has 0 saturated carbocycles. The number of carbonyl (C=O) groups is 1. The van der Waals surface area contributed by atoms with E-state index in [1.807, 2.05) is 19.1 Å². The summed E-state index contributed by atoms with van der Waals surface area (Å²) >= 11 is 0. The van der Waals surface area contributed by atoms with Crippen LogP contribution in [0.5, 0.6) is 0 Å². The molecule has 1 amide bonds. The van der Waals surface area contributed by atoms with E-state index in [-0.39, 0.29) is 5.91 Å². The number of rotatable bonds is 8. The molecule has 20 heavy (non-hydrogen) atoms. The van der Waals surface area contributed by atoms with Crippen molar-refractivity contribution in [3.63, 3.8) is 0 Å². The Hall–Kier alpha value is -1.35. The van der Waals surface area contributed by atoms with Crippen LogP contribution in [0.2, 0.25) is 0 Å². The van der Waals surface area contributed by atoms with Gasteiger partial charge in [0, 0.05) is 12.1 Å². The Morgan fingerprint density at radius 3 is 2.65 bits per heavy atom. The molecule has 3 heteroatoms. The zero-order valence-corrected chi connectivity index (χ0v) is 13.0. The molecule has 0 bridgehead atoms. The maximum absolute atomic E-state index is 12.1. The SMILES string of the molecule is CCc1cccc(C)c1NC(=O)CCC(CC)CCN. The van der Waals surface area contributed by atoms with Crippen LogP contribution in [-0.2, 0) is 11.2 Å². The van der Waals surface area contributed by atoms with Gasteiger partial charge in [0.15, 0.2) is 0 Å². The smallest absolute Gasteiger partial charge is 0.224 e. The molecule has 0 radical (unpaired) electrons. The van der Waals surface area contributed by atoms with Crippen LogP contribution in [0.1, 0.15) is 50.7 Å². The number of amides is 1. The normalized spacial score (nSPS) is 12.2. The molecular formula is C17H28N2O. The fourth-order valence-electron chi connectivity index (χ4n) is 2.53. The predicted octanol–water partition coefficient (Wildman–Crippen LogP) is 3.65. The second kappa shape index (κ2) is 8.75. The van der Waals surface area contributed by atoms with Crippen LogP contribution in [0.3, 0.4) is 0 Å². The lowest BCUT2D eigenvalue weighted by Gasteiger charge is -2.15. The minimum Gasteiger partial charge on any atom is -0.330 e. The van der Waals surface area contributed by atoms with Gasteiger partial charge in [-0.15, -0.1) is 0 Å². The first kappa shape index (κ1) is 16.7. The van der Waals surface area contributed by atoms with Gasteiger partial charge in [0.2, 0.25) is 5.91 Å². The van der Waals surface area contributed by atoms with E-state index in [0.29, 0.717) is 18.9 Å². The summed E-state index contributed by atoms with van der Waals surface area (Å²) in [6.45, 7) is 7.02. The Morgan fingerprint density at radius 2 is 2.05 bits per heavy atom. The average molecular weight is 276 g/mol. The lowest BCUT2D eigenvalue weighted by molar-refractivity contribution is -0.116. The fraction of sp³-hybridized carbons (Fsp3) is 0.588. The van der Waals surface area contributed by atoms with Gasteiger partial charge in [0.1, 0.15) is 0 Å². The van der Waals surface area contributed by atoms with Crippen LogP contribution >= 0.6 is 0 Å². The quantitative estimate of drug-likeness (QED) is 0.761. The van der Waals surface area contributed by atoms with Gasteiger partial charge in [0.05, 0.1) is 0 Å². The summed E-state index contributed by atoms with van der Waals surface area (Å²) < 4.78 is 0. The van der Waals surface area contributed by atoms with Gasteiger partial charge < -0.3 is 11.1 Å². The number of hydrogen-bond acceptors (Lipinski definition) is 2. The summed E-state index contributed by atoms with van der Waals surface area (Å²) in [6.07, 6.45) is 4.54. The second-order valence-corrected chi connectivity index (χ2v) is 5.40. The first-order chi connectivity index (χ1) is 9.62. The molecular weight excluding hydrogens is 248 g/mol. The van der Waals surface area contributed by atoms with Crippen molar-refractivity contribution in [3.8, 4) is 0 Å². The highest BCUT2D eigenvalue weighted by Crippen LogP contribution is 2.22. The van der Waals surface area contributed by atoms with Crippen molar-refractivity contribution in [2.24, 2.45) is 11.7 Å². The molecule has 0 saturated heterocycles. The van der Waals surface area contributed by atoms with Crippen molar-refractivity contribution in [2.75, 3.05) is 11.9 Å². The van der Waals surface area contributed by atoms with Crippen LogP contribution < -0.4 is 11.1 Å². The highest BCUT2D eigenvalue weighted by molar-refractivity contribution is 5.92. The topological polar surface area (TPSA) is 55.1 Å². The third-order valence-corrected chi connectivity index (χ3v) is 3.94. The zero-order valence-electron chi connectivity index (χ0n) is 13.0. The van der Waals surface area contributed by atoms with E-state index in [0.717, 1.165) is 36.9 Å². The summed E-state index contributed by atoms with van der Waals surface area (Å²) in [6, 6.07) is 6.15. The first-order valence-electron chi connectivity index (χ1n) is 7.70. The Balaban J connectivity index is 2.58. The molecule has 1 atom stereocenters. The molecule has 0 aliphatic carbocycles. The summed E-state index contributed by atoms with van der Waals surface area (Å²) in [4.78, 5) is 12.1. The molecule has 3 N–H and O–H groups in total. The third-order valence-electron chi connectivity index (χ3n) is 3.94. The van der Waals surface area contributed by atoms with Crippen molar-refractivity contribution < 1.29 is 4.79 Å². The average Bonchev–Trinajstić information content (AvgIpc) is 2.45. The molecule has 1 rings (SSSR count). The van der Waals surface area contributed by atoms with Crippen LogP contribution in [0.15, 0.2) is 18.2 Å². The Kier molecular flexibility index (Phi) is 7.31. The number of anilines is 1. The molecule has 0 aliphatic heterocycles. The molecule has 0 aromatic heterocycles. The van der Waals surface area contributed by atoms with Gasteiger partial charge in [-0.1, -0.05) is 38.5 Å². The van der Waals surface area contributed by atoms with Crippen molar-refractivity contribution in [1.29, 1.82) is 0 Å². The Morgan fingerprint density at radius 1 is 1.30 bits per heavy atom. The largest absolute Gasteiger partial charge is 0.330 e. The molecule has 0 aliphatic rings. The standard InChI is InChI=1S/C17H28N2O/c1-4-14(11-12-18)9-10-16(20)19-17-13(3)7-6-8-15(17)5-2/h6-8,14H,4-5,9-12,18H2,1-3H3,(H,19,20). The van der Waals surface area contributed by atoms with E-state index in [1.54, 1.807) is 0 Å². The molecule has 112 valence electrons. The summed E-state index contributed by atoms with van der Waals surface area (Å²) in [5.41, 5.74) is 8.92. The Labute approximate surface area is 122 Å². The van der Waals surface area contributed by atoms with Gasteiger partial charge in [-0.2, -0.15) is 0 Å². The van der Waals surface area contributed by atoms with Crippen LogP contribution in [0.4, 0.5) is 5.69 Å². The number of para-hydroxylation sites is 1. The predicted molar refractivity (Wildman–Crippen MR) is 85.9 cm³/mol. The second-order valence-electron chi connectivity index (χ2n) is 5.40. The van der Waals surface area contributed by atoms with Gasteiger partial charge in [-0.25, -0.2) is 0 Å². The minimum absolute atomic E-state index is 0.115. The monoisotopic (exact) mass is 276 g/mol. The van der Waals surface area contributed by atoms with Crippen molar-refractivity contribution in [3.05, 3.63) is 29.3 Å². The van der Waals surface area contributed by atoms with E-state index in [9.17, 15) is 4.79 Å². The van der Waals surface area contributed by atoms with Crippen molar-refractivity contribution >= 4 is 11.6 Å². The van der Waals surface area contributed by atoms with E-state index in [2.05, 4.69) is 25.2 Å². The number of carbonyl (C=O) groups excluding carboxylic acids is 1. The van der Waals surface area contributed by atoms with E-state index < -0.39 is 0 Å². The van der Waals surface area contributed by atoms with E-state index in [1.165, 1.54) is 5.56 Å². The van der Waals surface area contributed by atoms with Gasteiger partial charge in [-0.3, -0.25) is 4.79 Å². The summed E-state index contributed by atoms with van der Waals surface area (Å²) in [5, 5.41) is 3.08. The lowest BCUT2D eigenvalue weighted by atomic mass is 9.96. The van der Waals surface area contributed by atoms with Gasteiger partial charge in [0.25, 0.3) is 0 Å². The number of hydrogen-bond donors (Lipinski definition) is 2. The first-order valence-corrected chi connectivity index (χ1v) is 7.70. The number of benzene rings is 1. The molecule has 1 aromatic carbocycles. The lowest BCUT2D eigenvalue weighted by Crippen LogP contribution is -2.16. The van der Waals surface area contributed by atoms with Gasteiger partial charge >= 0.3 is 0 Å². The van der Waals surface area contributed by atoms with E-state index in [4.69, 9.17) is 5.73 Å². The number of nitrogens with two attached hydrogens (primary N) is 1. The maximum atomic E-state index is 12.1. The van der Waals surface area contributed by atoms with E-state index >= 15 is 0 Å². The molecule has 0 fully saturated rings. The summed E-state index contributed by atoms with van der Waals surface area (Å²) in [5.74, 6) is 0.678. The van der Waals surface area contributed by atoms with Crippen LogP contribution in [0.25, 0.3) is 0 Å².